The molecule has 4 nitrogen and oxygen atoms in total. The second kappa shape index (κ2) is 10.5. The van der Waals surface area contributed by atoms with Gasteiger partial charge in [-0.3, -0.25) is 0 Å². The summed E-state index contributed by atoms with van der Waals surface area (Å²) in [6.07, 6.45) is 5.03. The van der Waals surface area contributed by atoms with Crippen LogP contribution in [0.5, 0.6) is 5.75 Å². The number of hydrogen-bond acceptors (Lipinski definition) is 3. The Kier molecular flexibility index (Phi) is 6.92. The van der Waals surface area contributed by atoms with Crippen molar-refractivity contribution in [2.45, 2.75) is 13.3 Å². The lowest BCUT2D eigenvalue weighted by Gasteiger charge is -2.12. The van der Waals surface area contributed by atoms with E-state index in [-0.39, 0.29) is 0 Å². The Morgan fingerprint density at radius 2 is 1.41 bits per heavy atom. The van der Waals surface area contributed by atoms with E-state index in [2.05, 4.69) is 133 Å². The largest absolute Gasteiger partial charge is 0.439 e. The van der Waals surface area contributed by atoms with Crippen LogP contribution in [-0.4, -0.2) is 7.05 Å². The third-order valence-electron chi connectivity index (χ3n) is 7.11. The van der Waals surface area contributed by atoms with Crippen LogP contribution in [0.2, 0.25) is 0 Å². The van der Waals surface area contributed by atoms with Gasteiger partial charge in [0.15, 0.2) is 5.75 Å². The van der Waals surface area contributed by atoms with Gasteiger partial charge in [-0.25, -0.2) is 0 Å². The lowest BCUT2D eigenvalue weighted by molar-refractivity contribution is -0.652. The van der Waals surface area contributed by atoms with Gasteiger partial charge in [0.1, 0.15) is 7.05 Å². The molecule has 0 fully saturated rings. The zero-order valence-electron chi connectivity index (χ0n) is 21.9. The number of nitrogens with zero attached hydrogens (tertiary/aromatic N) is 2. The van der Waals surface area contributed by atoms with Crippen LogP contribution in [0, 0.1) is 0 Å². The summed E-state index contributed by atoms with van der Waals surface area (Å²) in [4.78, 5) is 2.10. The summed E-state index contributed by atoms with van der Waals surface area (Å²) in [7, 11) is 4.09. The predicted molar refractivity (Wildman–Crippen MR) is 165 cm³/mol. The van der Waals surface area contributed by atoms with E-state index in [9.17, 15) is 0 Å². The van der Waals surface area contributed by atoms with E-state index in [0.29, 0.717) is 0 Å². The summed E-state index contributed by atoms with van der Waals surface area (Å²) in [6, 6.07) is 29.4. The van der Waals surface area contributed by atoms with Gasteiger partial charge >= 0.3 is 5.89 Å². The first-order chi connectivity index (χ1) is 18.9. The fourth-order valence-electron chi connectivity index (χ4n) is 4.79. The molecule has 0 atom stereocenters. The van der Waals surface area contributed by atoms with Gasteiger partial charge in [-0.15, -0.1) is 0 Å². The molecule has 6 rings (SSSR count). The number of fused-ring (bicyclic) bond motifs is 2. The lowest BCUT2D eigenvalue weighted by Crippen LogP contribution is -2.29. The maximum absolute atomic E-state index is 6.26. The van der Waals surface area contributed by atoms with Crippen molar-refractivity contribution in [2.24, 2.45) is 7.05 Å². The van der Waals surface area contributed by atoms with Gasteiger partial charge in [0.25, 0.3) is 5.52 Å². The molecule has 0 aliphatic carbocycles. The number of hydrogen-bond donors (Lipinski definition) is 0. The average molecular weight is 643 g/mol. The van der Waals surface area contributed by atoms with Crippen LogP contribution in [-0.2, 0) is 7.05 Å². The van der Waals surface area contributed by atoms with Crippen LogP contribution < -0.4 is 14.2 Å². The maximum Gasteiger partial charge on any atom is 0.374 e. The molecule has 6 heteroatoms. The molecule has 0 unspecified atom stereocenters. The second-order valence-electron chi connectivity index (χ2n) is 9.59. The summed E-state index contributed by atoms with van der Waals surface area (Å²) in [5.41, 5.74) is 8.71. The van der Waals surface area contributed by atoms with Gasteiger partial charge in [-0.2, -0.15) is 4.57 Å². The van der Waals surface area contributed by atoms with Crippen molar-refractivity contribution in [3.8, 4) is 28.0 Å². The summed E-state index contributed by atoms with van der Waals surface area (Å²) in [5, 5.41) is 0. The average Bonchev–Trinajstić information content (AvgIpc) is 3.43. The number of allylic oxidation sites excluding steroid dienone is 2. The topological polar surface area (TPSA) is 29.5 Å². The molecule has 4 aromatic carbocycles. The molecule has 0 spiro atoms. The second-order valence-corrected chi connectivity index (χ2v) is 11.4. The zero-order valence-corrected chi connectivity index (χ0v) is 25.1. The van der Waals surface area contributed by atoms with Crippen molar-refractivity contribution < 1.29 is 13.7 Å². The van der Waals surface area contributed by atoms with Gasteiger partial charge < -0.3 is 14.1 Å². The Bertz CT molecular complexity index is 1750. The van der Waals surface area contributed by atoms with Crippen molar-refractivity contribution in [3.63, 3.8) is 0 Å². The van der Waals surface area contributed by atoms with Crippen molar-refractivity contribution in [2.75, 3.05) is 11.9 Å². The third kappa shape index (κ3) is 5.07. The van der Waals surface area contributed by atoms with E-state index >= 15 is 0 Å². The third-order valence-corrected chi connectivity index (χ3v) is 8.17. The minimum absolute atomic E-state index is 0.794. The van der Waals surface area contributed by atoms with Crippen molar-refractivity contribution in [1.82, 2.24) is 0 Å². The van der Waals surface area contributed by atoms with E-state index in [1.807, 2.05) is 26.2 Å². The predicted octanol–water partition coefficient (Wildman–Crippen LogP) is 9.28. The van der Waals surface area contributed by atoms with E-state index in [4.69, 9.17) is 9.15 Å². The highest BCUT2D eigenvalue weighted by Gasteiger charge is 2.24. The SMILES string of the molecule is CCC(=Cc1oc2ccc(-c3ccc(Br)cc3)cc2[n+]1C)C=C1Oc2ccc(-c3ccc(Br)cc3)cc2N1C. The van der Waals surface area contributed by atoms with E-state index in [1.54, 1.807) is 0 Å². The first-order valence-corrected chi connectivity index (χ1v) is 14.4. The molecule has 1 aliphatic heterocycles. The molecule has 0 bridgehead atoms. The molecule has 0 amide bonds. The van der Waals surface area contributed by atoms with E-state index in [1.165, 1.54) is 11.1 Å². The molecule has 0 N–H and O–H groups in total. The van der Waals surface area contributed by atoms with Gasteiger partial charge in [0, 0.05) is 28.1 Å². The quantitative estimate of drug-likeness (QED) is 0.179. The molecule has 0 saturated heterocycles. The Balaban J connectivity index is 1.30. The molecule has 0 saturated carbocycles. The highest BCUT2D eigenvalue weighted by molar-refractivity contribution is 9.10. The number of ether oxygens (including phenoxy) is 1. The monoisotopic (exact) mass is 641 g/mol. The number of benzene rings is 4. The normalized spacial score (nSPS) is 14.2. The molecular formula is C33H27Br2N2O2+. The van der Waals surface area contributed by atoms with Crippen LogP contribution in [0.1, 0.15) is 19.2 Å². The molecular weight excluding hydrogens is 616 g/mol. The zero-order chi connectivity index (χ0) is 27.1. The van der Waals surface area contributed by atoms with Crippen LogP contribution in [0.15, 0.2) is 116 Å². The molecule has 0 radical (unpaired) electrons. The number of aromatic nitrogens is 1. The summed E-state index contributed by atoms with van der Waals surface area (Å²) in [5.74, 6) is 2.44. The van der Waals surface area contributed by atoms with Crippen LogP contribution in [0.4, 0.5) is 5.69 Å². The van der Waals surface area contributed by atoms with Gasteiger partial charge in [-0.05, 0) is 76.7 Å². The molecule has 2 heterocycles. The minimum atomic E-state index is 0.794. The van der Waals surface area contributed by atoms with Crippen molar-refractivity contribution in [1.29, 1.82) is 0 Å². The van der Waals surface area contributed by atoms with E-state index in [0.717, 1.165) is 66.4 Å². The molecule has 1 aromatic heterocycles. The number of halogens is 2. The first-order valence-electron chi connectivity index (χ1n) is 12.8. The Hall–Kier alpha value is -3.61. The number of aryl methyl sites for hydroxylation is 1. The molecule has 1 aliphatic rings. The van der Waals surface area contributed by atoms with Gasteiger partial charge in [-0.1, -0.05) is 75.2 Å². The van der Waals surface area contributed by atoms with Gasteiger partial charge in [0.2, 0.25) is 11.5 Å². The minimum Gasteiger partial charge on any atom is -0.439 e. The van der Waals surface area contributed by atoms with Crippen molar-refractivity contribution >= 4 is 54.7 Å². The summed E-state index contributed by atoms with van der Waals surface area (Å²) in [6.45, 7) is 2.14. The highest BCUT2D eigenvalue weighted by Crippen LogP contribution is 2.41. The van der Waals surface area contributed by atoms with E-state index < -0.39 is 0 Å². The summed E-state index contributed by atoms with van der Waals surface area (Å²) < 4.78 is 16.8. The number of anilines is 1. The van der Waals surface area contributed by atoms with Crippen LogP contribution >= 0.6 is 31.9 Å². The summed E-state index contributed by atoms with van der Waals surface area (Å²) >= 11 is 7.03. The van der Waals surface area contributed by atoms with Crippen LogP contribution in [0.3, 0.4) is 0 Å². The standard InChI is InChI=1S/C33H27Br2N2O2/c1-4-21(17-32-36(2)28-19-24(9-15-30(28)38-32)22-5-11-26(34)12-6-22)18-33-37(3)29-20-25(10-16-31(29)39-33)23-7-13-27(35)14-8-23/h5-20H,4H2,1-3H3/q+1. The number of oxazole rings is 1. The fraction of sp³-hybridized carbons (Fsp3) is 0.121. The Labute approximate surface area is 245 Å². The Morgan fingerprint density at radius 1 is 0.821 bits per heavy atom. The molecule has 39 heavy (non-hydrogen) atoms. The molecule has 5 aromatic rings. The highest BCUT2D eigenvalue weighted by atomic mass is 79.9. The Morgan fingerprint density at radius 3 is 2.05 bits per heavy atom. The molecule has 194 valence electrons. The van der Waals surface area contributed by atoms with Crippen molar-refractivity contribution in [3.05, 3.63) is 117 Å². The first kappa shape index (κ1) is 25.7. The lowest BCUT2D eigenvalue weighted by atomic mass is 10.0. The number of rotatable bonds is 5. The maximum atomic E-state index is 6.26. The smallest absolute Gasteiger partial charge is 0.374 e. The van der Waals surface area contributed by atoms with Crippen LogP contribution in [0.25, 0.3) is 39.4 Å². The fourth-order valence-corrected chi connectivity index (χ4v) is 5.32. The van der Waals surface area contributed by atoms with Gasteiger partial charge in [0.05, 0.1) is 11.8 Å².